The molecule has 7 nitrogen and oxygen atoms in total. The summed E-state index contributed by atoms with van der Waals surface area (Å²) in [5.41, 5.74) is -1.49. The summed E-state index contributed by atoms with van der Waals surface area (Å²) >= 11 is 0. The summed E-state index contributed by atoms with van der Waals surface area (Å²) in [7, 11) is 0. The van der Waals surface area contributed by atoms with Crippen molar-refractivity contribution in [2.24, 2.45) is 5.92 Å². The third-order valence-corrected chi connectivity index (χ3v) is 3.97. The van der Waals surface area contributed by atoms with Crippen molar-refractivity contribution in [3.63, 3.8) is 0 Å². The van der Waals surface area contributed by atoms with E-state index >= 15 is 0 Å². The maximum Gasteiger partial charge on any atom is 0.325 e. The molecule has 2 rings (SSSR count). The van der Waals surface area contributed by atoms with E-state index in [0.717, 1.165) is 25.7 Å². The minimum absolute atomic E-state index is 0.0880. The zero-order chi connectivity index (χ0) is 15.5. The van der Waals surface area contributed by atoms with E-state index in [2.05, 4.69) is 22.2 Å². The molecule has 1 saturated carbocycles. The number of carbonyl (C=O) groups is 1. The second-order valence-electron chi connectivity index (χ2n) is 5.98. The van der Waals surface area contributed by atoms with Crippen LogP contribution in [-0.4, -0.2) is 33.1 Å². The van der Waals surface area contributed by atoms with Gasteiger partial charge in [-0.25, -0.2) is 4.79 Å². The monoisotopic (exact) mass is 295 g/mol. The van der Waals surface area contributed by atoms with Gasteiger partial charge in [0.05, 0.1) is 18.6 Å². The van der Waals surface area contributed by atoms with Gasteiger partial charge in [-0.1, -0.05) is 19.8 Å². The maximum atomic E-state index is 12.1. The van der Waals surface area contributed by atoms with E-state index in [0.29, 0.717) is 5.92 Å². The molecule has 1 amide bonds. The summed E-state index contributed by atoms with van der Waals surface area (Å²) < 4.78 is 0. The number of aromatic nitrogens is 2. The Bertz CT molecular complexity index is 593. The number of carbonyl (C=O) groups excluding carboxylic acids is 1. The lowest BCUT2D eigenvalue weighted by atomic mass is 9.76. The molecule has 0 radical (unpaired) electrons. The average molecular weight is 295 g/mol. The van der Waals surface area contributed by atoms with Crippen LogP contribution >= 0.6 is 0 Å². The minimum atomic E-state index is -0.631. The first-order chi connectivity index (χ1) is 9.92. The number of nitrogens with one attached hydrogen (secondary N) is 3. The van der Waals surface area contributed by atoms with E-state index in [1.165, 1.54) is 6.07 Å². The summed E-state index contributed by atoms with van der Waals surface area (Å²) in [5.74, 6) is 0.143. The van der Waals surface area contributed by atoms with Crippen molar-refractivity contribution in [2.75, 3.05) is 6.61 Å². The summed E-state index contributed by atoms with van der Waals surface area (Å²) in [6.45, 7) is 2.00. The lowest BCUT2D eigenvalue weighted by molar-refractivity contribution is -0.123. The number of aromatic amines is 2. The van der Waals surface area contributed by atoms with Crippen LogP contribution in [0.5, 0.6) is 0 Å². The molecule has 1 heterocycles. The van der Waals surface area contributed by atoms with Crippen LogP contribution in [0.2, 0.25) is 0 Å². The van der Waals surface area contributed by atoms with Crippen LogP contribution in [0.4, 0.5) is 0 Å². The van der Waals surface area contributed by atoms with Crippen molar-refractivity contribution >= 4 is 5.91 Å². The van der Waals surface area contributed by atoms with Gasteiger partial charge in [-0.3, -0.25) is 14.6 Å². The van der Waals surface area contributed by atoms with Crippen LogP contribution in [0.3, 0.4) is 0 Å². The molecule has 116 valence electrons. The molecule has 1 aromatic rings. The van der Waals surface area contributed by atoms with Crippen molar-refractivity contribution in [3.8, 4) is 0 Å². The highest BCUT2D eigenvalue weighted by Crippen LogP contribution is 2.31. The zero-order valence-corrected chi connectivity index (χ0v) is 12.1. The number of rotatable bonds is 4. The Morgan fingerprint density at radius 3 is 2.86 bits per heavy atom. The molecule has 0 aliphatic heterocycles. The van der Waals surface area contributed by atoms with Crippen molar-refractivity contribution in [2.45, 2.75) is 44.6 Å². The van der Waals surface area contributed by atoms with E-state index in [-0.39, 0.29) is 24.6 Å². The molecule has 1 aliphatic carbocycles. The van der Waals surface area contributed by atoms with Gasteiger partial charge in [0.25, 0.3) is 5.56 Å². The van der Waals surface area contributed by atoms with E-state index in [1.54, 1.807) is 0 Å². The van der Waals surface area contributed by atoms with Gasteiger partial charge < -0.3 is 15.4 Å². The van der Waals surface area contributed by atoms with Crippen LogP contribution in [0.15, 0.2) is 15.7 Å². The Balaban J connectivity index is 2.06. The Morgan fingerprint density at radius 1 is 1.48 bits per heavy atom. The molecule has 4 N–H and O–H groups in total. The summed E-state index contributed by atoms with van der Waals surface area (Å²) in [6, 6.07) is 1.19. The zero-order valence-electron chi connectivity index (χ0n) is 12.1. The van der Waals surface area contributed by atoms with E-state index in [9.17, 15) is 19.5 Å². The Hall–Kier alpha value is -1.89. The molecule has 7 heteroatoms. The fourth-order valence-corrected chi connectivity index (χ4v) is 3.08. The number of aliphatic hydroxyl groups is 1. The Labute approximate surface area is 121 Å². The number of hydrogen-bond acceptors (Lipinski definition) is 4. The van der Waals surface area contributed by atoms with Gasteiger partial charge in [0.2, 0.25) is 5.91 Å². The number of H-pyrrole nitrogens is 2. The molecule has 0 bridgehead atoms. The molecular formula is C14H21N3O4. The summed E-state index contributed by atoms with van der Waals surface area (Å²) in [6.07, 6.45) is 3.45. The highest BCUT2D eigenvalue weighted by atomic mass is 16.3. The molecular weight excluding hydrogens is 274 g/mol. The van der Waals surface area contributed by atoms with Crippen LogP contribution in [0.1, 0.15) is 38.3 Å². The van der Waals surface area contributed by atoms with Gasteiger partial charge in [0.1, 0.15) is 0 Å². The van der Waals surface area contributed by atoms with Gasteiger partial charge in [-0.05, 0) is 18.8 Å². The highest BCUT2D eigenvalue weighted by Gasteiger charge is 2.35. The van der Waals surface area contributed by atoms with Gasteiger partial charge >= 0.3 is 5.69 Å². The molecule has 21 heavy (non-hydrogen) atoms. The van der Waals surface area contributed by atoms with E-state index < -0.39 is 16.8 Å². The van der Waals surface area contributed by atoms with Crippen molar-refractivity contribution in [1.29, 1.82) is 0 Å². The molecule has 0 aromatic carbocycles. The fourth-order valence-electron chi connectivity index (χ4n) is 3.08. The van der Waals surface area contributed by atoms with E-state index in [4.69, 9.17) is 0 Å². The smallest absolute Gasteiger partial charge is 0.325 e. The number of hydrogen-bond donors (Lipinski definition) is 4. The predicted octanol–water partition coefficient (Wildman–Crippen LogP) is -0.337. The quantitative estimate of drug-likeness (QED) is 0.608. The van der Waals surface area contributed by atoms with Gasteiger partial charge in [-0.2, -0.15) is 0 Å². The van der Waals surface area contributed by atoms with Crippen LogP contribution in [-0.2, 0) is 11.2 Å². The van der Waals surface area contributed by atoms with Crippen molar-refractivity contribution < 1.29 is 9.90 Å². The Kier molecular flexibility index (Phi) is 4.62. The van der Waals surface area contributed by atoms with Crippen LogP contribution < -0.4 is 16.6 Å². The number of aliphatic hydroxyl groups excluding tert-OH is 1. The second kappa shape index (κ2) is 6.26. The third kappa shape index (κ3) is 4.04. The topological polar surface area (TPSA) is 115 Å². The largest absolute Gasteiger partial charge is 0.394 e. The third-order valence-electron chi connectivity index (χ3n) is 3.97. The average Bonchev–Trinajstić information content (AvgIpc) is 2.37. The Morgan fingerprint density at radius 2 is 2.24 bits per heavy atom. The van der Waals surface area contributed by atoms with Crippen LogP contribution in [0.25, 0.3) is 0 Å². The molecule has 2 unspecified atom stereocenters. The normalized spacial score (nSPS) is 25.5. The number of amides is 1. The lowest BCUT2D eigenvalue weighted by Crippen LogP contribution is -2.54. The maximum absolute atomic E-state index is 12.1. The lowest BCUT2D eigenvalue weighted by Gasteiger charge is -2.39. The molecule has 0 saturated heterocycles. The van der Waals surface area contributed by atoms with Gasteiger partial charge in [0, 0.05) is 11.8 Å². The van der Waals surface area contributed by atoms with Crippen molar-refractivity contribution in [1.82, 2.24) is 15.3 Å². The molecule has 1 fully saturated rings. The molecule has 1 aliphatic rings. The summed E-state index contributed by atoms with van der Waals surface area (Å²) in [5, 5.41) is 12.5. The van der Waals surface area contributed by atoms with Crippen molar-refractivity contribution in [3.05, 3.63) is 32.6 Å². The van der Waals surface area contributed by atoms with E-state index in [1.807, 2.05) is 0 Å². The fraction of sp³-hybridized carbons (Fsp3) is 0.643. The first kappa shape index (κ1) is 15.5. The SMILES string of the molecule is CC1CCCC(CO)(NC(=O)Cc2cc(=O)[nH]c(=O)[nH]2)C1. The predicted molar refractivity (Wildman–Crippen MR) is 77.0 cm³/mol. The van der Waals surface area contributed by atoms with Gasteiger partial charge in [0.15, 0.2) is 0 Å². The second-order valence-corrected chi connectivity index (χ2v) is 5.98. The molecule has 1 aromatic heterocycles. The van der Waals surface area contributed by atoms with Crippen LogP contribution in [0, 0.1) is 5.92 Å². The minimum Gasteiger partial charge on any atom is -0.394 e. The van der Waals surface area contributed by atoms with Gasteiger partial charge in [-0.15, -0.1) is 0 Å². The highest BCUT2D eigenvalue weighted by molar-refractivity contribution is 5.78. The molecule has 0 spiro atoms. The molecule has 2 atom stereocenters. The first-order valence-electron chi connectivity index (χ1n) is 7.17. The summed E-state index contributed by atoms with van der Waals surface area (Å²) in [4.78, 5) is 38.9. The first-order valence-corrected chi connectivity index (χ1v) is 7.17. The standard InChI is InChI=1S/C14H21N3O4/c1-9-3-2-4-14(7-9,8-18)17-12(20)6-10-5-11(19)16-13(21)15-10/h5,9,18H,2-4,6-8H2,1H3,(H,17,20)(H2,15,16,19,21).